The minimum absolute atomic E-state index is 0.0857. The summed E-state index contributed by atoms with van der Waals surface area (Å²) in [4.78, 5) is 0. The van der Waals surface area contributed by atoms with Crippen molar-refractivity contribution < 1.29 is 12.9 Å². The number of hydrogen-bond acceptors (Lipinski definition) is 5. The van der Waals surface area contributed by atoms with Gasteiger partial charge in [0.25, 0.3) is 0 Å². The van der Waals surface area contributed by atoms with E-state index >= 15 is 0 Å². The van der Waals surface area contributed by atoms with Gasteiger partial charge >= 0.3 is 0 Å². The van der Waals surface area contributed by atoms with E-state index in [2.05, 4.69) is 10.3 Å². The summed E-state index contributed by atoms with van der Waals surface area (Å²) in [5, 5.41) is 8.98. The van der Waals surface area contributed by atoms with Crippen LogP contribution in [-0.4, -0.2) is 40.7 Å². The Balaban J connectivity index is 1.53. The third-order valence-corrected chi connectivity index (χ3v) is 6.15. The number of hydrogen-bond donors (Lipinski definition) is 0. The number of para-hydroxylation sites is 1. The molecule has 0 N–H and O–H groups in total. The molecular weight excluding hydrogens is 328 g/mol. The predicted molar refractivity (Wildman–Crippen MR) is 88.8 cm³/mol. The lowest BCUT2D eigenvalue weighted by molar-refractivity contribution is 0.429. The van der Waals surface area contributed by atoms with Crippen LogP contribution < -0.4 is 0 Å². The van der Waals surface area contributed by atoms with E-state index in [0.29, 0.717) is 24.4 Å². The van der Waals surface area contributed by atoms with Crippen LogP contribution in [0.4, 0.5) is 0 Å². The van der Waals surface area contributed by atoms with Gasteiger partial charge in [0.15, 0.2) is 5.58 Å². The Morgan fingerprint density at radius 2 is 2.17 bits per heavy atom. The molecule has 126 valence electrons. The van der Waals surface area contributed by atoms with E-state index in [0.717, 1.165) is 17.4 Å². The zero-order chi connectivity index (χ0) is 16.7. The first-order valence-electron chi connectivity index (χ1n) is 7.85. The molecule has 1 atom stereocenters. The summed E-state index contributed by atoms with van der Waals surface area (Å²) in [6.45, 7) is 2.92. The molecule has 3 aromatic rings. The van der Waals surface area contributed by atoms with Crippen LogP contribution in [0.1, 0.15) is 23.7 Å². The molecule has 1 aliphatic rings. The summed E-state index contributed by atoms with van der Waals surface area (Å²) >= 11 is 0. The zero-order valence-electron chi connectivity index (χ0n) is 13.3. The summed E-state index contributed by atoms with van der Waals surface area (Å²) in [5.41, 5.74) is 2.14. The fourth-order valence-corrected chi connectivity index (χ4v) is 4.64. The monoisotopic (exact) mass is 346 g/mol. The van der Waals surface area contributed by atoms with Crippen LogP contribution in [0, 0.1) is 6.92 Å². The molecule has 1 unspecified atom stereocenters. The van der Waals surface area contributed by atoms with Crippen LogP contribution in [0.5, 0.6) is 0 Å². The van der Waals surface area contributed by atoms with Crippen molar-refractivity contribution >= 4 is 21.0 Å². The van der Waals surface area contributed by atoms with Crippen molar-refractivity contribution in [2.24, 2.45) is 0 Å². The third kappa shape index (κ3) is 2.71. The normalized spacial score (nSPS) is 19.3. The maximum absolute atomic E-state index is 12.7. The van der Waals surface area contributed by atoms with Crippen molar-refractivity contribution in [3.05, 3.63) is 47.9 Å². The van der Waals surface area contributed by atoms with Crippen molar-refractivity contribution in [3.63, 3.8) is 0 Å². The Labute approximate surface area is 139 Å². The van der Waals surface area contributed by atoms with E-state index < -0.39 is 10.0 Å². The highest BCUT2D eigenvalue weighted by Crippen LogP contribution is 2.27. The summed E-state index contributed by atoms with van der Waals surface area (Å²) in [6, 6.07) is 7.38. The lowest BCUT2D eigenvalue weighted by Gasteiger charge is -2.16. The summed E-state index contributed by atoms with van der Waals surface area (Å²) < 4.78 is 34.1. The van der Waals surface area contributed by atoms with Crippen molar-refractivity contribution in [2.45, 2.75) is 25.1 Å². The Morgan fingerprint density at radius 1 is 1.33 bits per heavy atom. The molecule has 0 radical (unpaired) electrons. The van der Waals surface area contributed by atoms with Crippen LogP contribution in [0.2, 0.25) is 0 Å². The molecule has 0 aliphatic carbocycles. The van der Waals surface area contributed by atoms with E-state index in [1.807, 2.05) is 36.0 Å². The molecule has 0 amide bonds. The molecule has 1 fully saturated rings. The Kier molecular flexibility index (Phi) is 3.65. The van der Waals surface area contributed by atoms with Crippen molar-refractivity contribution in [1.82, 2.24) is 19.2 Å². The van der Waals surface area contributed by atoms with Crippen LogP contribution in [0.3, 0.4) is 0 Å². The maximum atomic E-state index is 12.7. The van der Waals surface area contributed by atoms with Crippen molar-refractivity contribution in [3.8, 4) is 0 Å². The van der Waals surface area contributed by atoms with Gasteiger partial charge in [0, 0.05) is 24.7 Å². The Hall–Kier alpha value is -2.19. The molecule has 7 nitrogen and oxygen atoms in total. The molecule has 2 aromatic heterocycles. The number of fused-ring (bicyclic) bond motifs is 1. The third-order valence-electron chi connectivity index (χ3n) is 4.40. The maximum Gasteiger partial charge on any atom is 0.220 e. The molecule has 3 heterocycles. The van der Waals surface area contributed by atoms with Gasteiger partial charge in [0.2, 0.25) is 10.0 Å². The lowest BCUT2D eigenvalue weighted by atomic mass is 10.2. The molecule has 1 aromatic carbocycles. The van der Waals surface area contributed by atoms with Gasteiger partial charge in [-0.05, 0) is 31.0 Å². The van der Waals surface area contributed by atoms with Crippen LogP contribution in [0.15, 0.2) is 41.2 Å². The van der Waals surface area contributed by atoms with Gasteiger partial charge in [0.05, 0.1) is 12.2 Å². The molecular formula is C16H18N4O3S. The Morgan fingerprint density at radius 3 is 2.96 bits per heavy atom. The first kappa shape index (κ1) is 15.3. The largest absolute Gasteiger partial charge is 0.356 e. The van der Waals surface area contributed by atoms with E-state index in [1.54, 1.807) is 12.3 Å². The highest BCUT2D eigenvalue weighted by Gasteiger charge is 2.33. The highest BCUT2D eigenvalue weighted by molar-refractivity contribution is 7.88. The van der Waals surface area contributed by atoms with Gasteiger partial charge < -0.3 is 4.52 Å². The SMILES string of the molecule is Cc1cnn(C2CCN(S(=O)(=O)Cc3noc4ccccc34)C2)c1. The molecule has 1 saturated heterocycles. The van der Waals surface area contributed by atoms with E-state index in [9.17, 15) is 8.42 Å². The second-order valence-corrected chi connectivity index (χ2v) is 8.15. The molecule has 4 rings (SSSR count). The van der Waals surface area contributed by atoms with Crippen molar-refractivity contribution in [2.75, 3.05) is 13.1 Å². The number of nitrogens with zero attached hydrogens (tertiary/aromatic N) is 4. The quantitative estimate of drug-likeness (QED) is 0.723. The fraction of sp³-hybridized carbons (Fsp3) is 0.375. The molecule has 0 spiro atoms. The van der Waals surface area contributed by atoms with Gasteiger partial charge in [-0.15, -0.1) is 0 Å². The van der Waals surface area contributed by atoms with Crippen LogP contribution in [-0.2, 0) is 15.8 Å². The standard InChI is InChI=1S/C16H18N4O3S/c1-12-8-17-20(9-12)13-6-7-19(10-13)24(21,22)11-15-14-4-2-3-5-16(14)23-18-15/h2-5,8-9,13H,6-7,10-11H2,1H3. The summed E-state index contributed by atoms with van der Waals surface area (Å²) in [5.74, 6) is -0.144. The van der Waals surface area contributed by atoms with Gasteiger partial charge in [-0.2, -0.15) is 9.40 Å². The topological polar surface area (TPSA) is 81.2 Å². The van der Waals surface area contributed by atoms with E-state index in [1.165, 1.54) is 4.31 Å². The minimum atomic E-state index is -3.44. The van der Waals surface area contributed by atoms with Crippen LogP contribution in [0.25, 0.3) is 11.0 Å². The van der Waals surface area contributed by atoms with Gasteiger partial charge in [0.1, 0.15) is 11.4 Å². The molecule has 0 bridgehead atoms. The zero-order valence-corrected chi connectivity index (χ0v) is 14.1. The number of aryl methyl sites for hydroxylation is 1. The number of rotatable bonds is 4. The van der Waals surface area contributed by atoms with Crippen LogP contribution >= 0.6 is 0 Å². The first-order valence-corrected chi connectivity index (χ1v) is 9.46. The number of benzene rings is 1. The first-order chi connectivity index (χ1) is 11.5. The predicted octanol–water partition coefficient (Wildman–Crippen LogP) is 2.11. The lowest BCUT2D eigenvalue weighted by Crippen LogP contribution is -2.30. The average Bonchev–Trinajstić information content (AvgIpc) is 3.27. The van der Waals surface area contributed by atoms with E-state index in [4.69, 9.17) is 4.52 Å². The molecule has 24 heavy (non-hydrogen) atoms. The van der Waals surface area contributed by atoms with Gasteiger partial charge in [-0.25, -0.2) is 8.42 Å². The minimum Gasteiger partial charge on any atom is -0.356 e. The van der Waals surface area contributed by atoms with Gasteiger partial charge in [-0.1, -0.05) is 17.3 Å². The number of sulfonamides is 1. The van der Waals surface area contributed by atoms with E-state index in [-0.39, 0.29) is 11.8 Å². The molecule has 1 aliphatic heterocycles. The van der Waals surface area contributed by atoms with Gasteiger partial charge in [-0.3, -0.25) is 4.68 Å². The molecule has 8 heteroatoms. The smallest absolute Gasteiger partial charge is 0.220 e. The van der Waals surface area contributed by atoms with Crippen molar-refractivity contribution in [1.29, 1.82) is 0 Å². The Bertz CT molecular complexity index is 976. The highest BCUT2D eigenvalue weighted by atomic mass is 32.2. The summed E-state index contributed by atoms with van der Waals surface area (Å²) in [7, 11) is -3.44. The fourth-order valence-electron chi connectivity index (χ4n) is 3.12. The average molecular weight is 346 g/mol. The summed E-state index contributed by atoms with van der Waals surface area (Å²) in [6.07, 6.45) is 4.50. The second kappa shape index (κ2) is 5.71. The number of aromatic nitrogens is 3. The molecule has 0 saturated carbocycles. The second-order valence-electron chi connectivity index (χ2n) is 6.18.